The fraction of sp³-hybridized carbons (Fsp3) is 0.200. The fourth-order valence-electron chi connectivity index (χ4n) is 3.87. The number of benzene rings is 2. The molecule has 170 valence electrons. The first-order valence-corrected chi connectivity index (χ1v) is 13.0. The van der Waals surface area contributed by atoms with E-state index in [0.29, 0.717) is 6.54 Å². The quantitative estimate of drug-likeness (QED) is 0.378. The molecule has 33 heavy (non-hydrogen) atoms. The molecule has 0 fully saturated rings. The Morgan fingerprint density at radius 1 is 1.12 bits per heavy atom. The van der Waals surface area contributed by atoms with Crippen molar-refractivity contribution in [1.82, 2.24) is 4.57 Å². The first-order chi connectivity index (χ1) is 15.5. The molecule has 0 bridgehead atoms. The third-order valence-electron chi connectivity index (χ3n) is 5.56. The second-order valence-electron chi connectivity index (χ2n) is 7.76. The lowest BCUT2D eigenvalue weighted by Gasteiger charge is -2.12. The minimum absolute atomic E-state index is 0. The fourth-order valence-corrected chi connectivity index (χ4v) is 7.17. The van der Waals surface area contributed by atoms with Gasteiger partial charge in [-0.15, -0.1) is 11.3 Å². The van der Waals surface area contributed by atoms with Crippen molar-refractivity contribution < 1.29 is 17.0 Å². The van der Waals surface area contributed by atoms with E-state index in [1.807, 2.05) is 17.6 Å². The number of halogens is 1. The molecule has 0 N–H and O–H groups in total. The summed E-state index contributed by atoms with van der Waals surface area (Å²) in [6.45, 7) is 5.61. The second kappa shape index (κ2) is 9.89. The van der Waals surface area contributed by atoms with Gasteiger partial charge in [0.05, 0.1) is 17.1 Å². The minimum atomic E-state index is 0. The molecule has 0 atom stereocenters. The van der Waals surface area contributed by atoms with Gasteiger partial charge in [-0.3, -0.25) is 9.36 Å². The second-order valence-corrected chi connectivity index (χ2v) is 10.7. The Morgan fingerprint density at radius 2 is 1.91 bits per heavy atom. The van der Waals surface area contributed by atoms with Crippen molar-refractivity contribution in [3.05, 3.63) is 95.8 Å². The molecule has 0 saturated heterocycles. The molecular weight excluding hydrogens is 490 g/mol. The zero-order valence-corrected chi connectivity index (χ0v) is 21.8. The summed E-state index contributed by atoms with van der Waals surface area (Å²) in [6, 6.07) is 16.9. The van der Waals surface area contributed by atoms with Gasteiger partial charge < -0.3 is 17.3 Å². The molecule has 1 aliphatic rings. The summed E-state index contributed by atoms with van der Waals surface area (Å²) in [5.41, 5.74) is 3.75. The molecule has 1 aliphatic heterocycles. The van der Waals surface area contributed by atoms with Crippen LogP contribution in [-0.2, 0) is 13.1 Å². The molecule has 3 heterocycles. The van der Waals surface area contributed by atoms with E-state index in [4.69, 9.17) is 0 Å². The summed E-state index contributed by atoms with van der Waals surface area (Å²) in [4.78, 5) is 16.7. The van der Waals surface area contributed by atoms with Crippen LogP contribution in [0.5, 0.6) is 0 Å². The van der Waals surface area contributed by atoms with Crippen molar-refractivity contribution >= 4 is 51.2 Å². The van der Waals surface area contributed by atoms with Gasteiger partial charge in [-0.2, -0.15) is 4.57 Å². The van der Waals surface area contributed by atoms with Gasteiger partial charge in [0.25, 0.3) is 10.6 Å². The number of anilines is 1. The van der Waals surface area contributed by atoms with E-state index in [9.17, 15) is 4.79 Å². The van der Waals surface area contributed by atoms with E-state index in [1.54, 1.807) is 34.4 Å². The van der Waals surface area contributed by atoms with Gasteiger partial charge in [-0.1, -0.05) is 59.5 Å². The van der Waals surface area contributed by atoms with Crippen LogP contribution in [0.3, 0.4) is 0 Å². The van der Waals surface area contributed by atoms with Gasteiger partial charge in [0.1, 0.15) is 14.2 Å². The Hall–Kier alpha value is -2.32. The number of thiazole rings is 2. The van der Waals surface area contributed by atoms with Crippen LogP contribution in [0.1, 0.15) is 23.1 Å². The monoisotopic (exact) mass is 513 g/mol. The van der Waals surface area contributed by atoms with Crippen LogP contribution < -0.4 is 36.6 Å². The maximum absolute atomic E-state index is 13.4. The molecule has 0 unspecified atom stereocenters. The number of thioether (sulfide) groups is 1. The molecule has 5 rings (SSSR count). The zero-order valence-electron chi connectivity index (χ0n) is 18.6. The van der Waals surface area contributed by atoms with Crippen LogP contribution in [0.4, 0.5) is 5.69 Å². The van der Waals surface area contributed by atoms with Crippen LogP contribution in [0.2, 0.25) is 0 Å². The lowest BCUT2D eigenvalue weighted by Crippen LogP contribution is -3.00. The number of hydrogen-bond acceptors (Lipinski definition) is 5. The molecular formula is C25H24ClN3OS3. The average Bonchev–Trinajstić information content (AvgIpc) is 3.45. The summed E-state index contributed by atoms with van der Waals surface area (Å²) in [6.07, 6.45) is 4.27. The van der Waals surface area contributed by atoms with E-state index in [-0.39, 0.29) is 18.0 Å². The molecule has 8 heteroatoms. The highest BCUT2D eigenvalue weighted by Crippen LogP contribution is 2.45. The van der Waals surface area contributed by atoms with Crippen molar-refractivity contribution in [3.63, 3.8) is 0 Å². The number of aromatic nitrogens is 2. The maximum atomic E-state index is 13.4. The van der Waals surface area contributed by atoms with Crippen molar-refractivity contribution in [3.8, 4) is 0 Å². The highest BCUT2D eigenvalue weighted by atomic mass is 35.5. The first-order valence-electron chi connectivity index (χ1n) is 10.5. The van der Waals surface area contributed by atoms with E-state index >= 15 is 0 Å². The topological polar surface area (TPSA) is 29.1 Å². The Bertz CT molecular complexity index is 1470. The van der Waals surface area contributed by atoms with Crippen molar-refractivity contribution in [1.29, 1.82) is 0 Å². The van der Waals surface area contributed by atoms with Gasteiger partial charge in [-0.25, -0.2) is 0 Å². The van der Waals surface area contributed by atoms with Gasteiger partial charge in [0.2, 0.25) is 0 Å². The molecule has 0 aliphatic carbocycles. The number of fused-ring (bicyclic) bond motifs is 1. The molecule has 4 aromatic rings. The Labute approximate surface area is 211 Å². The predicted molar refractivity (Wildman–Crippen MR) is 136 cm³/mol. The van der Waals surface area contributed by atoms with Gasteiger partial charge >= 0.3 is 0 Å². The zero-order chi connectivity index (χ0) is 22.2. The summed E-state index contributed by atoms with van der Waals surface area (Å²) < 4.78 is 5.94. The standard InChI is InChI=1S/C25H24N3OS3.ClH/c1-4-28-22(15-21-27(12-13-30-21)16-18-8-6-5-7-9-18)32-23(24(28)29)25-26(3)19-14-17(2)10-11-20(19)31-25;/h5-15H,4,16H2,1-3H3;1H/q+1;/p-1/b25-23+;. The molecule has 4 nitrogen and oxygen atoms in total. The van der Waals surface area contributed by atoms with Gasteiger partial charge in [0, 0.05) is 24.1 Å². The number of rotatable bonds is 4. The highest BCUT2D eigenvalue weighted by molar-refractivity contribution is 8.08. The van der Waals surface area contributed by atoms with Crippen molar-refractivity contribution in [2.24, 2.45) is 0 Å². The van der Waals surface area contributed by atoms with Crippen LogP contribution in [0.15, 0.2) is 69.8 Å². The van der Waals surface area contributed by atoms with Crippen LogP contribution in [0.25, 0.3) is 11.1 Å². The van der Waals surface area contributed by atoms with Crippen molar-refractivity contribution in [2.75, 3.05) is 11.9 Å². The first kappa shape index (κ1) is 23.8. The molecule has 2 aromatic heterocycles. The Morgan fingerprint density at radius 3 is 2.67 bits per heavy atom. The van der Waals surface area contributed by atoms with E-state index in [1.165, 1.54) is 21.7 Å². The molecule has 0 amide bonds. The molecule has 0 spiro atoms. The normalized spacial score (nSPS) is 15.0. The van der Waals surface area contributed by atoms with Gasteiger partial charge in [0.15, 0.2) is 12.7 Å². The summed E-state index contributed by atoms with van der Waals surface area (Å²) in [7, 11) is 2.06. The lowest BCUT2D eigenvalue weighted by molar-refractivity contribution is -0.685. The van der Waals surface area contributed by atoms with E-state index < -0.39 is 0 Å². The predicted octanol–water partition coefficient (Wildman–Crippen LogP) is 0.776. The largest absolute Gasteiger partial charge is 1.00 e. The average molecular weight is 514 g/mol. The lowest BCUT2D eigenvalue weighted by atomic mass is 10.2. The Kier molecular flexibility index (Phi) is 7.14. The maximum Gasteiger partial charge on any atom is 0.271 e. The SMILES string of the molecule is CCn1c(=O)/c(=C2\Sc3ccc(C)cc3N2C)s/c1=C\c1scc[n+]1Cc1ccccc1.[Cl-]. The Balaban J connectivity index is 0.00000259. The molecule has 2 aromatic carbocycles. The van der Waals surface area contributed by atoms with E-state index in [2.05, 4.69) is 83.6 Å². The van der Waals surface area contributed by atoms with Crippen molar-refractivity contribution in [2.45, 2.75) is 31.8 Å². The summed E-state index contributed by atoms with van der Waals surface area (Å²) in [5, 5.41) is 4.26. The minimum Gasteiger partial charge on any atom is -1.00 e. The third kappa shape index (κ3) is 4.55. The molecule has 0 saturated carbocycles. The highest BCUT2D eigenvalue weighted by Gasteiger charge is 2.25. The van der Waals surface area contributed by atoms with Gasteiger partial charge in [-0.05, 0) is 31.5 Å². The summed E-state index contributed by atoms with van der Waals surface area (Å²) in [5.74, 6) is 0. The number of hydrogen-bond donors (Lipinski definition) is 0. The number of aryl methyl sites for hydroxylation is 1. The van der Waals surface area contributed by atoms with Crippen LogP contribution >= 0.6 is 34.4 Å². The third-order valence-corrected chi connectivity index (χ3v) is 8.90. The van der Waals surface area contributed by atoms with E-state index in [0.717, 1.165) is 25.8 Å². The summed E-state index contributed by atoms with van der Waals surface area (Å²) >= 11 is 4.98. The van der Waals surface area contributed by atoms with Crippen LogP contribution in [-0.4, -0.2) is 11.6 Å². The smallest absolute Gasteiger partial charge is 0.271 e. The number of nitrogens with zero attached hydrogens (tertiary/aromatic N) is 3. The van der Waals surface area contributed by atoms with Crippen LogP contribution in [0, 0.1) is 6.92 Å². The molecule has 0 radical (unpaired) electrons.